The van der Waals surface area contributed by atoms with E-state index in [1.807, 2.05) is 6.26 Å². The summed E-state index contributed by atoms with van der Waals surface area (Å²) in [6.07, 6.45) is 11.2. The number of carbonyl (C=O) groups excluding carboxylic acids is 1. The molecule has 1 aromatic carbocycles. The van der Waals surface area contributed by atoms with Crippen molar-refractivity contribution in [3.05, 3.63) is 47.0 Å². The predicted octanol–water partition coefficient (Wildman–Crippen LogP) is 4.56. The van der Waals surface area contributed by atoms with Crippen LogP contribution in [0.2, 0.25) is 0 Å². The number of anilines is 1. The minimum absolute atomic E-state index is 0.0560. The Morgan fingerprint density at radius 3 is 2.92 bits per heavy atom. The molecule has 0 bridgehead atoms. The maximum absolute atomic E-state index is 13.1. The van der Waals surface area contributed by atoms with Crippen LogP contribution in [0.15, 0.2) is 51.9 Å². The topological polar surface area (TPSA) is 23.6 Å². The van der Waals surface area contributed by atoms with Crippen molar-refractivity contribution < 1.29 is 4.79 Å². The van der Waals surface area contributed by atoms with Crippen LogP contribution in [0.5, 0.6) is 0 Å². The van der Waals surface area contributed by atoms with E-state index in [2.05, 4.69) is 53.3 Å². The van der Waals surface area contributed by atoms with E-state index in [-0.39, 0.29) is 11.0 Å². The van der Waals surface area contributed by atoms with E-state index in [9.17, 15) is 4.79 Å². The van der Waals surface area contributed by atoms with E-state index in [0.29, 0.717) is 6.04 Å². The third-order valence-corrected chi connectivity index (χ3v) is 7.65. The predicted molar refractivity (Wildman–Crippen MR) is 113 cm³/mol. The van der Waals surface area contributed by atoms with Crippen molar-refractivity contribution in [1.82, 2.24) is 4.90 Å². The lowest BCUT2D eigenvalue weighted by molar-refractivity contribution is -0.114. The highest BCUT2D eigenvalue weighted by molar-refractivity contribution is 8.03. The molecule has 2 atom stereocenters. The zero-order valence-corrected chi connectivity index (χ0v) is 17.1. The van der Waals surface area contributed by atoms with Crippen LogP contribution in [-0.2, 0) is 4.79 Å². The summed E-state index contributed by atoms with van der Waals surface area (Å²) in [5, 5.41) is -0.0560. The lowest BCUT2D eigenvalue weighted by Crippen LogP contribution is -2.41. The zero-order valence-electron chi connectivity index (χ0n) is 15.5. The normalized spacial score (nSPS) is 26.1. The van der Waals surface area contributed by atoms with Crippen molar-refractivity contribution in [2.75, 3.05) is 31.3 Å². The van der Waals surface area contributed by atoms with Gasteiger partial charge in [-0.25, -0.2) is 0 Å². The molecule has 5 heteroatoms. The van der Waals surface area contributed by atoms with Gasteiger partial charge in [-0.3, -0.25) is 4.79 Å². The summed E-state index contributed by atoms with van der Waals surface area (Å²) in [6, 6.07) is 9.13. The molecule has 3 nitrogen and oxygen atoms in total. The highest BCUT2D eigenvalue weighted by Crippen LogP contribution is 2.46. The van der Waals surface area contributed by atoms with E-state index in [1.165, 1.54) is 36.4 Å². The largest absolute Gasteiger partial charge is 0.337 e. The van der Waals surface area contributed by atoms with Crippen molar-refractivity contribution in [2.45, 2.75) is 41.9 Å². The van der Waals surface area contributed by atoms with E-state index < -0.39 is 0 Å². The molecule has 0 amide bonds. The molecule has 138 valence electrons. The summed E-state index contributed by atoms with van der Waals surface area (Å²) in [5.74, 6) is 0.258. The molecule has 2 aliphatic heterocycles. The Hall–Kier alpha value is -1.17. The van der Waals surface area contributed by atoms with Crippen molar-refractivity contribution >= 4 is 35.0 Å². The van der Waals surface area contributed by atoms with Crippen molar-refractivity contribution in [2.24, 2.45) is 0 Å². The lowest BCUT2D eigenvalue weighted by atomic mass is 9.99. The molecule has 2 heterocycles. The van der Waals surface area contributed by atoms with Crippen LogP contribution in [0.1, 0.15) is 25.7 Å². The number of nitrogens with zero attached hydrogens (tertiary/aromatic N) is 2. The first kappa shape index (κ1) is 18.2. The summed E-state index contributed by atoms with van der Waals surface area (Å²) in [7, 11) is 2.24. The number of carbonyl (C=O) groups is 1. The molecule has 1 saturated heterocycles. The Labute approximate surface area is 164 Å². The number of fused-ring (bicyclic) bond motifs is 1. The van der Waals surface area contributed by atoms with Crippen LogP contribution in [0.3, 0.4) is 0 Å². The molecule has 1 aliphatic carbocycles. The van der Waals surface area contributed by atoms with Gasteiger partial charge in [-0.15, -0.1) is 11.8 Å². The average molecular weight is 387 g/mol. The van der Waals surface area contributed by atoms with Gasteiger partial charge in [-0.1, -0.05) is 36.4 Å². The second-order valence-corrected chi connectivity index (χ2v) is 9.30. The number of thioether (sulfide) groups is 2. The van der Waals surface area contributed by atoms with Crippen LogP contribution in [0, 0.1) is 0 Å². The van der Waals surface area contributed by atoms with Gasteiger partial charge in [0, 0.05) is 22.4 Å². The van der Waals surface area contributed by atoms with Gasteiger partial charge in [0.25, 0.3) is 0 Å². The quantitative estimate of drug-likeness (QED) is 0.755. The Morgan fingerprint density at radius 1 is 1.27 bits per heavy atom. The maximum atomic E-state index is 13.1. The molecule has 0 spiro atoms. The highest BCUT2D eigenvalue weighted by Gasteiger charge is 2.35. The summed E-state index contributed by atoms with van der Waals surface area (Å²) in [5.41, 5.74) is 2.10. The molecule has 3 aliphatic rings. The molecule has 0 N–H and O–H groups in total. The number of piperidine rings is 1. The van der Waals surface area contributed by atoms with Crippen molar-refractivity contribution in [3.8, 4) is 0 Å². The summed E-state index contributed by atoms with van der Waals surface area (Å²) in [6.45, 7) is 2.10. The van der Waals surface area contributed by atoms with Crippen molar-refractivity contribution in [3.63, 3.8) is 0 Å². The molecule has 0 aromatic heterocycles. The van der Waals surface area contributed by atoms with Crippen LogP contribution in [0.25, 0.3) is 0 Å². The van der Waals surface area contributed by atoms with Gasteiger partial charge in [-0.2, -0.15) is 0 Å². The van der Waals surface area contributed by atoms with E-state index in [1.54, 1.807) is 23.5 Å². The molecule has 2 unspecified atom stereocenters. The molecule has 1 aromatic rings. The van der Waals surface area contributed by atoms with E-state index >= 15 is 0 Å². The third-order valence-electron chi connectivity index (χ3n) is 5.65. The molecule has 26 heavy (non-hydrogen) atoms. The number of para-hydroxylation sites is 1. The number of allylic oxidation sites excluding steroid dienone is 2. The van der Waals surface area contributed by atoms with Gasteiger partial charge in [0.05, 0.1) is 10.9 Å². The fourth-order valence-electron chi connectivity index (χ4n) is 4.16. The van der Waals surface area contributed by atoms with Crippen LogP contribution in [-0.4, -0.2) is 48.4 Å². The standard InChI is InChI=1S/C21H26N2OS2/c1-22-13-6-5-7-15(22)12-14-23-16-8-3-4-9-17(16)26-18-10-11-19(25-2)21(24)20(18)23/h3-4,8-11,15,19H,5-7,12-14H2,1-2H3. The third kappa shape index (κ3) is 3.37. The second-order valence-electron chi connectivity index (χ2n) is 7.23. The highest BCUT2D eigenvalue weighted by atomic mass is 32.2. The number of rotatable bonds is 4. The molecule has 0 saturated carbocycles. The number of Topliss-reactive ketones (excluding diaryl/α,β-unsaturated/α-hetero) is 1. The Bertz CT molecular complexity index is 758. The molecule has 0 radical (unpaired) electrons. The van der Waals surface area contributed by atoms with Gasteiger partial charge in [0.1, 0.15) is 5.70 Å². The van der Waals surface area contributed by atoms with Gasteiger partial charge in [-0.05, 0) is 57.3 Å². The van der Waals surface area contributed by atoms with Crippen LogP contribution >= 0.6 is 23.5 Å². The summed E-state index contributed by atoms with van der Waals surface area (Å²) >= 11 is 3.36. The van der Waals surface area contributed by atoms with Gasteiger partial charge in [0.15, 0.2) is 5.78 Å². The van der Waals surface area contributed by atoms with Gasteiger partial charge >= 0.3 is 0 Å². The monoisotopic (exact) mass is 386 g/mol. The Morgan fingerprint density at radius 2 is 2.12 bits per heavy atom. The minimum atomic E-state index is -0.0560. The SMILES string of the molecule is CSC1C=CC2=C(C1=O)N(CCC1CCCCN1C)c1ccccc1S2. The van der Waals surface area contributed by atoms with Gasteiger partial charge < -0.3 is 9.80 Å². The lowest BCUT2D eigenvalue weighted by Gasteiger charge is -2.38. The maximum Gasteiger partial charge on any atom is 0.197 e. The zero-order chi connectivity index (χ0) is 18.1. The number of likely N-dealkylation sites (tertiary alicyclic amines) is 1. The first-order chi connectivity index (χ1) is 12.7. The molecule has 4 rings (SSSR count). The fraction of sp³-hybridized carbons (Fsp3) is 0.476. The average Bonchev–Trinajstić information content (AvgIpc) is 2.67. The van der Waals surface area contributed by atoms with Gasteiger partial charge in [0.2, 0.25) is 0 Å². The van der Waals surface area contributed by atoms with Crippen LogP contribution in [0.4, 0.5) is 5.69 Å². The van der Waals surface area contributed by atoms with E-state index in [4.69, 9.17) is 0 Å². The molecular weight excluding hydrogens is 360 g/mol. The van der Waals surface area contributed by atoms with Crippen molar-refractivity contribution in [1.29, 1.82) is 0 Å². The first-order valence-corrected chi connectivity index (χ1v) is 11.5. The fourth-order valence-corrected chi connectivity index (χ4v) is 5.84. The first-order valence-electron chi connectivity index (χ1n) is 9.43. The number of hydrogen-bond acceptors (Lipinski definition) is 5. The van der Waals surface area contributed by atoms with Crippen LogP contribution < -0.4 is 4.90 Å². The number of benzene rings is 1. The summed E-state index contributed by atoms with van der Waals surface area (Å²) in [4.78, 5) is 20.3. The molecule has 1 fully saturated rings. The Kier molecular flexibility index (Phi) is 5.48. The minimum Gasteiger partial charge on any atom is -0.337 e. The van der Waals surface area contributed by atoms with E-state index in [0.717, 1.165) is 23.6 Å². The molecular formula is C21H26N2OS2. The number of hydrogen-bond donors (Lipinski definition) is 0. The second kappa shape index (κ2) is 7.83. The smallest absolute Gasteiger partial charge is 0.197 e. The number of ketones is 1. The summed E-state index contributed by atoms with van der Waals surface area (Å²) < 4.78 is 0. The Balaban J connectivity index is 1.63.